The number of carbonyl (C=O) groups is 1. The van der Waals surface area contributed by atoms with Crippen LogP contribution in [-0.4, -0.2) is 11.4 Å². The number of hydrogen-bond acceptors (Lipinski definition) is 2. The average molecular weight is 255 g/mol. The summed E-state index contributed by atoms with van der Waals surface area (Å²) in [6, 6.07) is 4.91. The minimum atomic E-state index is -0.236. The van der Waals surface area contributed by atoms with Crippen LogP contribution in [0.5, 0.6) is 0 Å². The normalized spacial score (nSPS) is 11.3. The highest BCUT2D eigenvalue weighted by atomic mass is 35.5. The van der Waals surface area contributed by atoms with Gasteiger partial charge in [0.2, 0.25) is 0 Å². The second-order valence-electron chi connectivity index (χ2n) is 4.82. The van der Waals surface area contributed by atoms with Gasteiger partial charge < -0.3 is 11.1 Å². The molecule has 3 N–H and O–H groups in total. The van der Waals surface area contributed by atoms with Crippen molar-refractivity contribution in [2.75, 3.05) is 5.73 Å². The molecule has 0 aliphatic heterocycles. The predicted octanol–water partition coefficient (Wildman–Crippen LogP) is 3.23. The van der Waals surface area contributed by atoms with E-state index in [2.05, 4.69) is 12.2 Å². The molecule has 0 bridgehead atoms. The molecule has 0 fully saturated rings. The highest BCUT2D eigenvalue weighted by molar-refractivity contribution is 6.31. The summed E-state index contributed by atoms with van der Waals surface area (Å²) < 4.78 is 0. The van der Waals surface area contributed by atoms with Gasteiger partial charge >= 0.3 is 0 Å². The molecular formula is C13H19ClN2O. The minimum Gasteiger partial charge on any atom is -0.398 e. The van der Waals surface area contributed by atoms with Gasteiger partial charge in [0.15, 0.2) is 0 Å². The number of nitrogens with two attached hydrogens (primary N) is 1. The lowest BCUT2D eigenvalue weighted by molar-refractivity contribution is 0.0910. The highest BCUT2D eigenvalue weighted by Gasteiger charge is 2.21. The molecule has 1 aromatic carbocycles. The fraction of sp³-hybridized carbons (Fsp3) is 0.462. The summed E-state index contributed by atoms with van der Waals surface area (Å²) >= 11 is 5.86. The van der Waals surface area contributed by atoms with Crippen LogP contribution < -0.4 is 11.1 Å². The molecule has 0 aliphatic rings. The SMILES string of the molecule is CCCC(C)(C)NC(=O)c1cc(Cl)ccc1N. The molecule has 3 nitrogen and oxygen atoms in total. The zero-order valence-electron chi connectivity index (χ0n) is 10.5. The molecule has 0 unspecified atom stereocenters. The van der Waals surface area contributed by atoms with Crippen molar-refractivity contribution in [2.24, 2.45) is 0 Å². The van der Waals surface area contributed by atoms with Gasteiger partial charge in [0.25, 0.3) is 5.91 Å². The molecule has 94 valence electrons. The summed E-state index contributed by atoms with van der Waals surface area (Å²) in [5.41, 5.74) is 6.40. The highest BCUT2D eigenvalue weighted by Crippen LogP contribution is 2.19. The van der Waals surface area contributed by atoms with Crippen LogP contribution in [0.15, 0.2) is 18.2 Å². The van der Waals surface area contributed by atoms with E-state index in [0.717, 1.165) is 12.8 Å². The first-order valence-corrected chi connectivity index (χ1v) is 6.11. The van der Waals surface area contributed by atoms with Gasteiger partial charge in [-0.2, -0.15) is 0 Å². The molecule has 0 aliphatic carbocycles. The van der Waals surface area contributed by atoms with E-state index >= 15 is 0 Å². The zero-order chi connectivity index (χ0) is 13.1. The number of hydrogen-bond donors (Lipinski definition) is 2. The topological polar surface area (TPSA) is 55.1 Å². The Kier molecular flexibility index (Phi) is 4.40. The van der Waals surface area contributed by atoms with Gasteiger partial charge in [-0.15, -0.1) is 0 Å². The third-order valence-electron chi connectivity index (χ3n) is 2.59. The Morgan fingerprint density at radius 1 is 1.47 bits per heavy atom. The zero-order valence-corrected chi connectivity index (χ0v) is 11.3. The van der Waals surface area contributed by atoms with Crippen molar-refractivity contribution in [3.05, 3.63) is 28.8 Å². The van der Waals surface area contributed by atoms with Gasteiger partial charge in [-0.3, -0.25) is 4.79 Å². The third-order valence-corrected chi connectivity index (χ3v) is 2.82. The molecule has 0 spiro atoms. The van der Waals surface area contributed by atoms with E-state index in [0.29, 0.717) is 16.3 Å². The summed E-state index contributed by atoms with van der Waals surface area (Å²) in [5, 5.41) is 3.48. The number of amides is 1. The van der Waals surface area contributed by atoms with E-state index in [1.807, 2.05) is 13.8 Å². The smallest absolute Gasteiger partial charge is 0.253 e. The minimum absolute atomic E-state index is 0.177. The van der Waals surface area contributed by atoms with Crippen LogP contribution in [0.3, 0.4) is 0 Å². The Morgan fingerprint density at radius 3 is 2.71 bits per heavy atom. The van der Waals surface area contributed by atoms with Crippen LogP contribution >= 0.6 is 11.6 Å². The fourth-order valence-electron chi connectivity index (χ4n) is 1.79. The molecule has 0 heterocycles. The van der Waals surface area contributed by atoms with Crippen molar-refractivity contribution in [1.82, 2.24) is 5.32 Å². The molecule has 1 rings (SSSR count). The van der Waals surface area contributed by atoms with Gasteiger partial charge in [0.05, 0.1) is 5.56 Å². The maximum Gasteiger partial charge on any atom is 0.253 e. The second kappa shape index (κ2) is 5.41. The molecule has 4 heteroatoms. The Bertz CT molecular complexity index is 416. The number of rotatable bonds is 4. The number of carbonyl (C=O) groups excluding carboxylic acids is 1. The summed E-state index contributed by atoms with van der Waals surface area (Å²) in [5.74, 6) is -0.177. The van der Waals surface area contributed by atoms with Gasteiger partial charge in [-0.1, -0.05) is 24.9 Å². The van der Waals surface area contributed by atoms with Crippen LogP contribution in [0.1, 0.15) is 44.0 Å². The quantitative estimate of drug-likeness (QED) is 0.811. The summed E-state index contributed by atoms with van der Waals surface area (Å²) in [4.78, 5) is 12.1. The van der Waals surface area contributed by atoms with Crippen LogP contribution in [-0.2, 0) is 0 Å². The fourth-order valence-corrected chi connectivity index (χ4v) is 1.96. The first-order valence-electron chi connectivity index (χ1n) is 5.73. The van der Waals surface area contributed by atoms with E-state index in [9.17, 15) is 4.79 Å². The van der Waals surface area contributed by atoms with Crippen molar-refractivity contribution >= 4 is 23.2 Å². The Labute approximate surface area is 107 Å². The molecule has 0 saturated carbocycles. The number of nitrogen functional groups attached to an aromatic ring is 1. The lowest BCUT2D eigenvalue weighted by atomic mass is 9.98. The summed E-state index contributed by atoms with van der Waals surface area (Å²) in [7, 11) is 0. The van der Waals surface area contributed by atoms with E-state index in [1.165, 1.54) is 0 Å². The number of benzene rings is 1. The lowest BCUT2D eigenvalue weighted by Gasteiger charge is -2.26. The van der Waals surface area contributed by atoms with Crippen LogP contribution in [0.4, 0.5) is 5.69 Å². The summed E-state index contributed by atoms with van der Waals surface area (Å²) in [6.07, 6.45) is 1.93. The molecule has 0 radical (unpaired) electrons. The van der Waals surface area contributed by atoms with Crippen molar-refractivity contribution in [1.29, 1.82) is 0 Å². The van der Waals surface area contributed by atoms with E-state index in [1.54, 1.807) is 18.2 Å². The Morgan fingerprint density at radius 2 is 2.12 bits per heavy atom. The van der Waals surface area contributed by atoms with Crippen LogP contribution in [0, 0.1) is 0 Å². The number of anilines is 1. The Hall–Kier alpha value is -1.22. The van der Waals surface area contributed by atoms with Crippen molar-refractivity contribution in [2.45, 2.75) is 39.2 Å². The van der Waals surface area contributed by atoms with Gasteiger partial charge in [-0.25, -0.2) is 0 Å². The van der Waals surface area contributed by atoms with Crippen LogP contribution in [0.25, 0.3) is 0 Å². The maximum atomic E-state index is 12.1. The van der Waals surface area contributed by atoms with Gasteiger partial charge in [0, 0.05) is 16.2 Å². The average Bonchev–Trinajstić information content (AvgIpc) is 2.20. The Balaban J connectivity index is 2.86. The largest absolute Gasteiger partial charge is 0.398 e. The molecule has 17 heavy (non-hydrogen) atoms. The van der Waals surface area contributed by atoms with E-state index < -0.39 is 0 Å². The monoisotopic (exact) mass is 254 g/mol. The van der Waals surface area contributed by atoms with Gasteiger partial charge in [-0.05, 0) is 38.5 Å². The van der Waals surface area contributed by atoms with E-state index in [-0.39, 0.29) is 11.4 Å². The molecular weight excluding hydrogens is 236 g/mol. The third kappa shape index (κ3) is 3.93. The molecule has 1 amide bonds. The second-order valence-corrected chi connectivity index (χ2v) is 5.26. The van der Waals surface area contributed by atoms with Crippen molar-refractivity contribution in [3.8, 4) is 0 Å². The number of nitrogens with one attached hydrogen (secondary N) is 1. The molecule has 0 aromatic heterocycles. The standard InChI is InChI=1S/C13H19ClN2O/c1-4-7-13(2,3)16-12(17)10-8-9(14)5-6-11(10)15/h5-6,8H,4,7,15H2,1-3H3,(H,16,17). The first kappa shape index (κ1) is 13.8. The molecule has 0 atom stereocenters. The molecule has 1 aromatic rings. The van der Waals surface area contributed by atoms with E-state index in [4.69, 9.17) is 17.3 Å². The molecule has 0 saturated heterocycles. The summed E-state index contributed by atoms with van der Waals surface area (Å²) in [6.45, 7) is 6.08. The van der Waals surface area contributed by atoms with Crippen molar-refractivity contribution in [3.63, 3.8) is 0 Å². The van der Waals surface area contributed by atoms with Crippen molar-refractivity contribution < 1.29 is 4.79 Å². The number of halogens is 1. The lowest BCUT2D eigenvalue weighted by Crippen LogP contribution is -2.43. The maximum absolute atomic E-state index is 12.1. The van der Waals surface area contributed by atoms with Crippen LogP contribution in [0.2, 0.25) is 5.02 Å². The van der Waals surface area contributed by atoms with Gasteiger partial charge in [0.1, 0.15) is 0 Å². The predicted molar refractivity (Wildman–Crippen MR) is 72.3 cm³/mol. The first-order chi connectivity index (χ1) is 7.85.